The maximum absolute atomic E-state index is 12.5. The van der Waals surface area contributed by atoms with Gasteiger partial charge in [-0.1, -0.05) is 0 Å². The van der Waals surface area contributed by atoms with Crippen LogP contribution in [0, 0.1) is 11.7 Å². The van der Waals surface area contributed by atoms with Crippen LogP contribution in [0.15, 0.2) is 12.4 Å². The summed E-state index contributed by atoms with van der Waals surface area (Å²) in [6.07, 6.45) is 3.44. The standard InChI is InChI=1S/C10H12FN3O2/c11-8-5-13-10(14-6-8)16-9(15)7-1-3-12-4-2-7/h5-7,12H,1-4H2. The van der Waals surface area contributed by atoms with Crippen molar-refractivity contribution >= 4 is 5.97 Å². The number of aromatic nitrogens is 2. The van der Waals surface area contributed by atoms with E-state index in [9.17, 15) is 9.18 Å². The molecule has 1 aliphatic rings. The van der Waals surface area contributed by atoms with E-state index in [0.29, 0.717) is 0 Å². The van der Waals surface area contributed by atoms with Crippen LogP contribution in [0.4, 0.5) is 4.39 Å². The molecule has 1 saturated heterocycles. The van der Waals surface area contributed by atoms with Crippen LogP contribution in [-0.4, -0.2) is 29.0 Å². The molecule has 0 aromatic carbocycles. The van der Waals surface area contributed by atoms with Crippen molar-refractivity contribution in [3.63, 3.8) is 0 Å². The van der Waals surface area contributed by atoms with Crippen molar-refractivity contribution in [2.24, 2.45) is 5.92 Å². The number of hydrogen-bond donors (Lipinski definition) is 1. The first-order valence-corrected chi connectivity index (χ1v) is 5.15. The smallest absolute Gasteiger partial charge is 0.324 e. The van der Waals surface area contributed by atoms with Crippen molar-refractivity contribution in [3.05, 3.63) is 18.2 Å². The molecule has 1 fully saturated rings. The number of esters is 1. The largest absolute Gasteiger partial charge is 0.391 e. The van der Waals surface area contributed by atoms with E-state index in [-0.39, 0.29) is 17.9 Å². The highest BCUT2D eigenvalue weighted by molar-refractivity contribution is 5.74. The lowest BCUT2D eigenvalue weighted by Crippen LogP contribution is -2.34. The molecule has 0 unspecified atom stereocenters. The lowest BCUT2D eigenvalue weighted by molar-refractivity contribution is -0.140. The van der Waals surface area contributed by atoms with Crippen LogP contribution in [-0.2, 0) is 4.79 Å². The van der Waals surface area contributed by atoms with Crippen molar-refractivity contribution in [1.82, 2.24) is 15.3 Å². The SMILES string of the molecule is O=C(Oc1ncc(F)cn1)C1CCNCC1. The fraction of sp³-hybridized carbons (Fsp3) is 0.500. The van der Waals surface area contributed by atoms with Gasteiger partial charge in [0.2, 0.25) is 0 Å². The Kier molecular flexibility index (Phi) is 3.40. The topological polar surface area (TPSA) is 64.1 Å². The van der Waals surface area contributed by atoms with Gasteiger partial charge in [-0.3, -0.25) is 4.79 Å². The quantitative estimate of drug-likeness (QED) is 0.743. The Labute approximate surface area is 92.0 Å². The number of piperidine rings is 1. The first-order valence-electron chi connectivity index (χ1n) is 5.15. The summed E-state index contributed by atoms with van der Waals surface area (Å²) >= 11 is 0. The van der Waals surface area contributed by atoms with E-state index < -0.39 is 5.82 Å². The minimum atomic E-state index is -0.554. The van der Waals surface area contributed by atoms with Crippen LogP contribution in [0.1, 0.15) is 12.8 Å². The zero-order valence-electron chi connectivity index (χ0n) is 8.65. The van der Waals surface area contributed by atoms with Gasteiger partial charge in [-0.05, 0) is 25.9 Å². The number of rotatable bonds is 2. The number of ether oxygens (including phenoxy) is 1. The molecule has 0 bridgehead atoms. The molecule has 0 radical (unpaired) electrons. The van der Waals surface area contributed by atoms with Crippen molar-refractivity contribution < 1.29 is 13.9 Å². The third-order valence-electron chi connectivity index (χ3n) is 2.46. The van der Waals surface area contributed by atoms with E-state index in [0.717, 1.165) is 38.3 Å². The van der Waals surface area contributed by atoms with Crippen LogP contribution in [0.2, 0.25) is 0 Å². The molecule has 0 spiro atoms. The van der Waals surface area contributed by atoms with Gasteiger partial charge in [0.1, 0.15) is 0 Å². The monoisotopic (exact) mass is 225 g/mol. The molecule has 16 heavy (non-hydrogen) atoms. The maximum Gasteiger partial charge on any atom is 0.324 e. The van der Waals surface area contributed by atoms with Gasteiger partial charge in [0, 0.05) is 0 Å². The molecule has 1 aliphatic heterocycles. The Morgan fingerprint density at radius 3 is 2.62 bits per heavy atom. The van der Waals surface area contributed by atoms with Gasteiger partial charge in [0.15, 0.2) is 5.82 Å². The number of carbonyl (C=O) groups excluding carboxylic acids is 1. The predicted molar refractivity (Wildman–Crippen MR) is 53.2 cm³/mol. The van der Waals surface area contributed by atoms with Crippen LogP contribution >= 0.6 is 0 Å². The molecular formula is C10H12FN3O2. The number of carbonyl (C=O) groups is 1. The summed E-state index contributed by atoms with van der Waals surface area (Å²) in [5.41, 5.74) is 0. The number of hydrogen-bond acceptors (Lipinski definition) is 5. The first kappa shape index (κ1) is 10.9. The van der Waals surface area contributed by atoms with Gasteiger partial charge in [-0.2, -0.15) is 0 Å². The third kappa shape index (κ3) is 2.73. The van der Waals surface area contributed by atoms with Crippen molar-refractivity contribution in [2.45, 2.75) is 12.8 Å². The molecule has 0 aliphatic carbocycles. The van der Waals surface area contributed by atoms with Gasteiger partial charge in [-0.25, -0.2) is 14.4 Å². The fourth-order valence-electron chi connectivity index (χ4n) is 1.58. The summed E-state index contributed by atoms with van der Waals surface area (Å²) in [6.45, 7) is 1.62. The maximum atomic E-state index is 12.5. The molecule has 1 aromatic heterocycles. The van der Waals surface area contributed by atoms with Crippen molar-refractivity contribution in [2.75, 3.05) is 13.1 Å². The minimum absolute atomic E-state index is 0.0927. The van der Waals surface area contributed by atoms with Gasteiger partial charge < -0.3 is 10.1 Å². The lowest BCUT2D eigenvalue weighted by atomic mass is 9.99. The number of nitrogens with zero attached hydrogens (tertiary/aromatic N) is 2. The van der Waals surface area contributed by atoms with Crippen LogP contribution in [0.5, 0.6) is 6.01 Å². The molecule has 2 heterocycles. The van der Waals surface area contributed by atoms with E-state index in [1.165, 1.54) is 0 Å². The van der Waals surface area contributed by atoms with Crippen molar-refractivity contribution in [3.8, 4) is 6.01 Å². The molecule has 6 heteroatoms. The van der Waals surface area contributed by atoms with E-state index in [1.807, 2.05) is 0 Å². The summed E-state index contributed by atoms with van der Waals surface area (Å²) < 4.78 is 17.5. The van der Waals surface area contributed by atoms with Crippen LogP contribution in [0.3, 0.4) is 0 Å². The van der Waals surface area contributed by atoms with Crippen LogP contribution in [0.25, 0.3) is 0 Å². The first-order chi connectivity index (χ1) is 7.75. The Hall–Kier alpha value is -1.56. The van der Waals surface area contributed by atoms with Gasteiger partial charge in [-0.15, -0.1) is 0 Å². The highest BCUT2D eigenvalue weighted by Gasteiger charge is 2.23. The molecule has 2 rings (SSSR count). The predicted octanol–water partition coefficient (Wildman–Crippen LogP) is 0.521. The lowest BCUT2D eigenvalue weighted by Gasteiger charge is -2.20. The van der Waals surface area contributed by atoms with Gasteiger partial charge in [0.05, 0.1) is 18.3 Å². The summed E-state index contributed by atoms with van der Waals surface area (Å²) in [5, 5.41) is 3.15. The summed E-state index contributed by atoms with van der Waals surface area (Å²) in [6, 6.07) is -0.0927. The third-order valence-corrected chi connectivity index (χ3v) is 2.46. The second-order valence-electron chi connectivity index (χ2n) is 3.63. The van der Waals surface area contributed by atoms with E-state index in [4.69, 9.17) is 4.74 Å². The number of halogens is 1. The Morgan fingerprint density at radius 2 is 2.00 bits per heavy atom. The number of nitrogens with one attached hydrogen (secondary N) is 1. The Morgan fingerprint density at radius 1 is 1.38 bits per heavy atom. The highest BCUT2D eigenvalue weighted by atomic mass is 19.1. The van der Waals surface area contributed by atoms with Gasteiger partial charge >= 0.3 is 12.0 Å². The summed E-state index contributed by atoms with van der Waals surface area (Å²) in [4.78, 5) is 18.8. The second kappa shape index (κ2) is 4.98. The van der Waals surface area contributed by atoms with E-state index in [1.54, 1.807) is 0 Å². The zero-order valence-corrected chi connectivity index (χ0v) is 8.65. The average molecular weight is 225 g/mol. The fourth-order valence-corrected chi connectivity index (χ4v) is 1.58. The normalized spacial score (nSPS) is 17.1. The zero-order chi connectivity index (χ0) is 11.4. The molecule has 1 N–H and O–H groups in total. The Balaban J connectivity index is 1.93. The molecular weight excluding hydrogens is 213 g/mol. The van der Waals surface area contributed by atoms with E-state index >= 15 is 0 Å². The molecule has 0 saturated carbocycles. The second-order valence-corrected chi connectivity index (χ2v) is 3.63. The van der Waals surface area contributed by atoms with Gasteiger partial charge in [0.25, 0.3) is 0 Å². The van der Waals surface area contributed by atoms with Crippen LogP contribution < -0.4 is 10.1 Å². The molecule has 5 nitrogen and oxygen atoms in total. The molecule has 0 atom stereocenters. The average Bonchev–Trinajstić information content (AvgIpc) is 2.33. The Bertz CT molecular complexity index is 363. The van der Waals surface area contributed by atoms with E-state index in [2.05, 4.69) is 15.3 Å². The molecule has 1 aromatic rings. The summed E-state index contributed by atoms with van der Waals surface area (Å²) in [7, 11) is 0. The minimum Gasteiger partial charge on any atom is -0.391 e. The molecule has 0 amide bonds. The molecule has 86 valence electrons. The highest BCUT2D eigenvalue weighted by Crippen LogP contribution is 2.14. The van der Waals surface area contributed by atoms with Crippen molar-refractivity contribution in [1.29, 1.82) is 0 Å². The summed E-state index contributed by atoms with van der Waals surface area (Å²) in [5.74, 6) is -1.01.